The standard InChI is InChI=1S/C25H28N2O4S/c1-4-27(17-16-20-8-6-5-7-9-20)25(28)23-18-21(31-3)12-15-24(23)26-32(29,30)22-13-10-19(2)11-14-22/h5-15,18,26H,4,16-17H2,1-3H3. The molecule has 0 saturated heterocycles. The van der Waals surface area contributed by atoms with Crippen LogP contribution in [0.1, 0.15) is 28.4 Å². The van der Waals surface area contributed by atoms with Gasteiger partial charge in [-0.3, -0.25) is 9.52 Å². The summed E-state index contributed by atoms with van der Waals surface area (Å²) in [5.74, 6) is 0.217. The summed E-state index contributed by atoms with van der Waals surface area (Å²) in [5, 5.41) is 0. The van der Waals surface area contributed by atoms with Gasteiger partial charge in [-0.1, -0.05) is 48.0 Å². The van der Waals surface area contributed by atoms with E-state index in [1.807, 2.05) is 44.2 Å². The predicted octanol–water partition coefficient (Wildman–Crippen LogP) is 4.51. The average molecular weight is 453 g/mol. The zero-order chi connectivity index (χ0) is 23.1. The second kappa shape index (κ2) is 10.3. The predicted molar refractivity (Wildman–Crippen MR) is 127 cm³/mol. The van der Waals surface area contributed by atoms with E-state index >= 15 is 0 Å². The Kier molecular flexibility index (Phi) is 7.53. The van der Waals surface area contributed by atoms with Crippen LogP contribution in [0, 0.1) is 6.92 Å². The summed E-state index contributed by atoms with van der Waals surface area (Å²) in [6, 6.07) is 21.2. The quantitative estimate of drug-likeness (QED) is 0.518. The monoisotopic (exact) mass is 452 g/mol. The number of likely N-dealkylation sites (N-methyl/N-ethyl adjacent to an activating group) is 1. The minimum atomic E-state index is -3.85. The largest absolute Gasteiger partial charge is 0.497 e. The van der Waals surface area contributed by atoms with Gasteiger partial charge in [0.25, 0.3) is 15.9 Å². The Morgan fingerprint density at radius 2 is 1.69 bits per heavy atom. The SMILES string of the molecule is CCN(CCc1ccccc1)C(=O)c1cc(OC)ccc1NS(=O)(=O)c1ccc(C)cc1. The number of anilines is 1. The molecule has 0 aliphatic heterocycles. The topological polar surface area (TPSA) is 75.7 Å². The van der Waals surface area contributed by atoms with E-state index in [0.717, 1.165) is 11.1 Å². The van der Waals surface area contributed by atoms with Gasteiger partial charge >= 0.3 is 0 Å². The summed E-state index contributed by atoms with van der Waals surface area (Å²) in [5.41, 5.74) is 2.55. The Labute approximate surface area is 189 Å². The van der Waals surface area contributed by atoms with Crippen LogP contribution in [-0.4, -0.2) is 39.4 Å². The van der Waals surface area contributed by atoms with Crippen molar-refractivity contribution in [3.8, 4) is 5.75 Å². The number of nitrogens with one attached hydrogen (secondary N) is 1. The maximum atomic E-state index is 13.4. The van der Waals surface area contributed by atoms with Crippen LogP contribution in [0.5, 0.6) is 5.75 Å². The number of hydrogen-bond donors (Lipinski definition) is 1. The molecule has 6 nitrogen and oxygen atoms in total. The fraction of sp³-hybridized carbons (Fsp3) is 0.240. The highest BCUT2D eigenvalue weighted by Crippen LogP contribution is 2.26. The van der Waals surface area contributed by atoms with Crippen LogP contribution in [0.25, 0.3) is 0 Å². The minimum Gasteiger partial charge on any atom is -0.497 e. The molecular weight excluding hydrogens is 424 g/mol. The summed E-state index contributed by atoms with van der Waals surface area (Å²) in [7, 11) is -2.35. The van der Waals surface area contributed by atoms with Crippen molar-refractivity contribution in [2.45, 2.75) is 25.2 Å². The van der Waals surface area contributed by atoms with E-state index in [4.69, 9.17) is 4.74 Å². The van der Waals surface area contributed by atoms with Gasteiger partial charge in [0.05, 0.1) is 23.3 Å². The van der Waals surface area contributed by atoms with Crippen LogP contribution < -0.4 is 9.46 Å². The molecular formula is C25H28N2O4S. The first kappa shape index (κ1) is 23.3. The van der Waals surface area contributed by atoms with Gasteiger partial charge in [0.2, 0.25) is 0 Å². The van der Waals surface area contributed by atoms with Crippen molar-refractivity contribution < 1.29 is 17.9 Å². The molecule has 0 atom stereocenters. The van der Waals surface area contributed by atoms with Crippen LogP contribution in [0.2, 0.25) is 0 Å². The first-order valence-electron chi connectivity index (χ1n) is 10.4. The summed E-state index contributed by atoms with van der Waals surface area (Å²) < 4.78 is 33.7. The molecule has 1 amide bonds. The van der Waals surface area contributed by atoms with Crippen molar-refractivity contribution in [1.82, 2.24) is 4.90 Å². The highest BCUT2D eigenvalue weighted by atomic mass is 32.2. The second-order valence-corrected chi connectivity index (χ2v) is 9.13. The number of nitrogens with zero attached hydrogens (tertiary/aromatic N) is 1. The van der Waals surface area contributed by atoms with E-state index in [0.29, 0.717) is 25.3 Å². The van der Waals surface area contributed by atoms with Gasteiger partial charge in [0.15, 0.2) is 0 Å². The zero-order valence-corrected chi connectivity index (χ0v) is 19.4. The Hall–Kier alpha value is -3.32. The lowest BCUT2D eigenvalue weighted by molar-refractivity contribution is 0.0767. The smallest absolute Gasteiger partial charge is 0.261 e. The van der Waals surface area contributed by atoms with Crippen molar-refractivity contribution in [3.63, 3.8) is 0 Å². The third-order valence-corrected chi connectivity index (χ3v) is 6.60. The number of sulfonamides is 1. The van der Waals surface area contributed by atoms with Gasteiger partial charge in [-0.2, -0.15) is 0 Å². The Bertz CT molecular complexity index is 1160. The molecule has 168 valence electrons. The Morgan fingerprint density at radius 1 is 1.00 bits per heavy atom. The van der Waals surface area contributed by atoms with Crippen molar-refractivity contribution in [2.24, 2.45) is 0 Å². The number of aryl methyl sites for hydroxylation is 1. The van der Waals surface area contributed by atoms with Crippen LogP contribution in [0.4, 0.5) is 5.69 Å². The van der Waals surface area contributed by atoms with E-state index in [-0.39, 0.29) is 22.1 Å². The normalized spacial score (nSPS) is 11.1. The van der Waals surface area contributed by atoms with Gasteiger partial charge in [-0.15, -0.1) is 0 Å². The molecule has 0 fully saturated rings. The molecule has 3 rings (SSSR count). The number of benzene rings is 3. The Balaban J connectivity index is 1.88. The highest BCUT2D eigenvalue weighted by molar-refractivity contribution is 7.92. The van der Waals surface area contributed by atoms with Crippen molar-refractivity contribution >= 4 is 21.6 Å². The number of amides is 1. The van der Waals surface area contributed by atoms with Crippen LogP contribution in [0.15, 0.2) is 77.7 Å². The average Bonchev–Trinajstić information content (AvgIpc) is 2.80. The van der Waals surface area contributed by atoms with E-state index < -0.39 is 10.0 Å². The lowest BCUT2D eigenvalue weighted by Gasteiger charge is -2.23. The van der Waals surface area contributed by atoms with Gasteiger partial charge < -0.3 is 9.64 Å². The van der Waals surface area contributed by atoms with E-state index in [1.54, 1.807) is 47.4 Å². The number of hydrogen-bond acceptors (Lipinski definition) is 4. The Morgan fingerprint density at radius 3 is 2.31 bits per heavy atom. The summed E-state index contributed by atoms with van der Waals surface area (Å²) in [6.07, 6.45) is 0.703. The van der Waals surface area contributed by atoms with Crippen LogP contribution in [0.3, 0.4) is 0 Å². The zero-order valence-electron chi connectivity index (χ0n) is 18.5. The number of ether oxygens (including phenoxy) is 1. The van der Waals surface area contributed by atoms with Crippen LogP contribution >= 0.6 is 0 Å². The molecule has 0 bridgehead atoms. The molecule has 0 aliphatic rings. The van der Waals surface area contributed by atoms with E-state index in [1.165, 1.54) is 7.11 Å². The number of rotatable bonds is 9. The molecule has 3 aromatic rings. The van der Waals surface area contributed by atoms with Crippen molar-refractivity contribution in [1.29, 1.82) is 0 Å². The summed E-state index contributed by atoms with van der Waals surface area (Å²) >= 11 is 0. The van der Waals surface area contributed by atoms with E-state index in [9.17, 15) is 13.2 Å². The van der Waals surface area contributed by atoms with Gasteiger partial charge in [0.1, 0.15) is 5.75 Å². The maximum absolute atomic E-state index is 13.4. The molecule has 32 heavy (non-hydrogen) atoms. The molecule has 0 heterocycles. The molecule has 3 aromatic carbocycles. The van der Waals surface area contributed by atoms with Crippen molar-refractivity contribution in [2.75, 3.05) is 24.9 Å². The first-order valence-corrected chi connectivity index (χ1v) is 11.9. The van der Waals surface area contributed by atoms with Gasteiger partial charge in [-0.25, -0.2) is 8.42 Å². The lowest BCUT2D eigenvalue weighted by atomic mass is 10.1. The molecule has 7 heteroatoms. The molecule has 0 radical (unpaired) electrons. The highest BCUT2D eigenvalue weighted by Gasteiger charge is 2.22. The third kappa shape index (κ3) is 5.68. The minimum absolute atomic E-state index is 0.133. The molecule has 0 aliphatic carbocycles. The third-order valence-electron chi connectivity index (χ3n) is 5.21. The van der Waals surface area contributed by atoms with Crippen molar-refractivity contribution in [3.05, 3.63) is 89.5 Å². The molecule has 0 aromatic heterocycles. The second-order valence-electron chi connectivity index (χ2n) is 7.45. The lowest BCUT2D eigenvalue weighted by Crippen LogP contribution is -2.33. The fourth-order valence-corrected chi connectivity index (χ4v) is 4.40. The van der Waals surface area contributed by atoms with Gasteiger partial charge in [-0.05, 0) is 56.2 Å². The van der Waals surface area contributed by atoms with Crippen LogP contribution in [-0.2, 0) is 16.4 Å². The fourth-order valence-electron chi connectivity index (χ4n) is 3.32. The molecule has 1 N–H and O–H groups in total. The number of carbonyl (C=O) groups is 1. The maximum Gasteiger partial charge on any atom is 0.261 e. The van der Waals surface area contributed by atoms with E-state index in [2.05, 4.69) is 4.72 Å². The molecule has 0 spiro atoms. The summed E-state index contributed by atoms with van der Waals surface area (Å²) in [4.78, 5) is 15.2. The molecule has 0 saturated carbocycles. The molecule has 0 unspecified atom stereocenters. The van der Waals surface area contributed by atoms with Gasteiger partial charge in [0, 0.05) is 13.1 Å². The number of methoxy groups -OCH3 is 1. The number of carbonyl (C=O) groups excluding carboxylic acids is 1. The summed E-state index contributed by atoms with van der Waals surface area (Å²) in [6.45, 7) is 4.80. The first-order chi connectivity index (χ1) is 15.3.